The predicted octanol–water partition coefficient (Wildman–Crippen LogP) is 5.75. The molecule has 3 aliphatic rings. The lowest BCUT2D eigenvalue weighted by molar-refractivity contribution is -0.137. The maximum absolute atomic E-state index is 14.0. The number of nitrogens with zero attached hydrogens (tertiary/aromatic N) is 4. The van der Waals surface area contributed by atoms with E-state index in [9.17, 15) is 14.4 Å². The average Bonchev–Trinajstić information content (AvgIpc) is 3.90. The number of aromatic nitrogens is 4. The molecule has 3 aliphatic heterocycles. The normalized spacial score (nSPS) is 20.6. The molecular weight excluding hydrogens is 799 g/mol. The van der Waals surface area contributed by atoms with Crippen LogP contribution in [0.15, 0.2) is 18.2 Å². The Balaban J connectivity index is 0.00000302. The molecule has 55 heavy (non-hydrogen) atoms. The van der Waals surface area contributed by atoms with Crippen LogP contribution in [0.2, 0.25) is 0 Å². The number of alkyl carbamates (subject to hydrolysis) is 1. The number of H-pyrrole nitrogens is 2. The number of hydrogen-bond acceptors (Lipinski definition) is 8. The van der Waals surface area contributed by atoms with Crippen LogP contribution < -0.4 is 5.32 Å². The smallest absolute Gasteiger partial charge is 0.407 e. The van der Waals surface area contributed by atoms with Gasteiger partial charge in [-0.3, -0.25) is 9.59 Å². The van der Waals surface area contributed by atoms with Gasteiger partial charge in [-0.05, 0) is 55.2 Å². The van der Waals surface area contributed by atoms with E-state index in [0.29, 0.717) is 45.0 Å². The summed E-state index contributed by atoms with van der Waals surface area (Å²) in [5.74, 6) is 1.62. The van der Waals surface area contributed by atoms with E-state index in [1.54, 1.807) is 4.90 Å². The van der Waals surface area contributed by atoms with Gasteiger partial charge in [0.05, 0.1) is 54.3 Å². The number of benzene rings is 1. The molecule has 5 heterocycles. The average molecular weight is 862 g/mol. The number of rotatable bonds is 8. The van der Waals surface area contributed by atoms with Gasteiger partial charge in [0.25, 0.3) is 0 Å². The van der Waals surface area contributed by atoms with E-state index in [0.717, 1.165) is 66.0 Å². The quantitative estimate of drug-likeness (QED) is 0.259. The molecule has 3 N–H and O–H groups in total. The Labute approximate surface area is 360 Å². The summed E-state index contributed by atoms with van der Waals surface area (Å²) < 4.78 is 17.1. The summed E-state index contributed by atoms with van der Waals surface area (Å²) in [6, 6.07) is 5.06. The van der Waals surface area contributed by atoms with Crippen molar-refractivity contribution in [3.8, 4) is 0 Å². The Morgan fingerprint density at radius 3 is 2.29 bits per heavy atom. The fourth-order valence-corrected chi connectivity index (χ4v) is 7.32. The zero-order chi connectivity index (χ0) is 35.5. The van der Waals surface area contributed by atoms with Crippen LogP contribution in [0.4, 0.5) is 4.79 Å². The number of fused-ring (bicyclic) bond motifs is 6. The number of amides is 3. The van der Waals surface area contributed by atoms with Crippen LogP contribution in [0, 0.1) is 17.8 Å². The Bertz CT molecular complexity index is 1690. The van der Waals surface area contributed by atoms with Crippen LogP contribution in [0.5, 0.6) is 0 Å². The standard InChI is InChI=1S/C37H53N7O6.5H2S/c1-21(2)23(5)35(45)43-13-9-10-30(43)33-38-26-12-11-24(16-27(26)39-33)17-28-29-20-49-14-7-8-15-50-25-18-31(34(40-28)41-29)44(19-25)36(46)32(22(3)4)42-37(47)48-6;;;;;/h11-12,16,21-23,25,30-32H,7-10,13-15,17-20H2,1-6H3,(H,38,39)(H,40,41)(H,42,47);5*1H2/t23-,25-,30-,31-,32-;;;;;/m0...../s1. The van der Waals surface area contributed by atoms with Gasteiger partial charge in [0.1, 0.15) is 17.7 Å². The molecule has 0 spiro atoms. The first-order chi connectivity index (χ1) is 24.0. The van der Waals surface area contributed by atoms with Gasteiger partial charge in [-0.25, -0.2) is 14.8 Å². The van der Waals surface area contributed by atoms with Crippen LogP contribution in [0.3, 0.4) is 0 Å². The highest BCUT2D eigenvalue weighted by Gasteiger charge is 2.42. The molecule has 0 unspecified atom stereocenters. The SMILES string of the molecule is COC(=O)N[C@H](C(=O)N1C[C@@H]2C[C@H]1c1nc(Cc3ccc4nc([C@@H]5CCCN5C(=O)[C@@H](C)C(C)C)[nH]c4c3)c([nH]1)COCCCCO2)C(C)C.S.S.S.S.S. The fourth-order valence-electron chi connectivity index (χ4n) is 7.32. The number of likely N-dealkylation sites (tertiary alicyclic amines) is 2. The number of nitrogens with one attached hydrogen (secondary N) is 3. The molecular formula is C37H63N7O6S5. The first kappa shape index (κ1) is 50.8. The van der Waals surface area contributed by atoms with Gasteiger partial charge in [-0.1, -0.05) is 40.7 Å². The largest absolute Gasteiger partial charge is 0.453 e. The molecule has 18 heteroatoms. The Morgan fingerprint density at radius 1 is 0.891 bits per heavy atom. The van der Waals surface area contributed by atoms with Crippen molar-refractivity contribution in [1.29, 1.82) is 0 Å². The number of methoxy groups -OCH3 is 1. The number of carbonyl (C=O) groups is 3. The summed E-state index contributed by atoms with van der Waals surface area (Å²) in [4.78, 5) is 60.4. The Morgan fingerprint density at radius 2 is 1.60 bits per heavy atom. The van der Waals surface area contributed by atoms with Crippen LogP contribution in [0.1, 0.15) is 107 Å². The third kappa shape index (κ3) is 11.7. The van der Waals surface area contributed by atoms with Gasteiger partial charge in [-0.15, -0.1) is 0 Å². The van der Waals surface area contributed by atoms with Crippen LogP contribution in [-0.4, -0.2) is 93.2 Å². The number of ether oxygens (including phenoxy) is 3. The van der Waals surface area contributed by atoms with E-state index in [1.165, 1.54) is 7.11 Å². The lowest BCUT2D eigenvalue weighted by Gasteiger charge is -2.29. The molecule has 6 rings (SSSR count). The Kier molecular flexibility index (Phi) is 20.9. The van der Waals surface area contributed by atoms with Crippen molar-refractivity contribution >= 4 is 96.4 Å². The van der Waals surface area contributed by atoms with Crippen molar-refractivity contribution in [3.05, 3.63) is 46.8 Å². The van der Waals surface area contributed by atoms with Crippen molar-refractivity contribution in [2.45, 2.75) is 104 Å². The highest BCUT2D eigenvalue weighted by Crippen LogP contribution is 2.36. The van der Waals surface area contributed by atoms with Gasteiger partial charge in [0, 0.05) is 45.1 Å². The highest BCUT2D eigenvalue weighted by atomic mass is 32.1. The second-order valence-electron chi connectivity index (χ2n) is 14.8. The molecule has 0 saturated carbocycles. The van der Waals surface area contributed by atoms with E-state index in [2.05, 4.69) is 41.3 Å². The second kappa shape index (κ2) is 22.6. The first-order valence-corrected chi connectivity index (χ1v) is 18.2. The van der Waals surface area contributed by atoms with Gasteiger partial charge in [0.15, 0.2) is 0 Å². The van der Waals surface area contributed by atoms with Crippen LogP contribution >= 0.6 is 67.5 Å². The molecule has 0 radical (unpaired) electrons. The minimum atomic E-state index is -0.751. The summed E-state index contributed by atoms with van der Waals surface area (Å²) in [6.07, 6.45) is 3.96. The minimum absolute atomic E-state index is 0. The lowest BCUT2D eigenvalue weighted by atomic mass is 9.96. The highest BCUT2D eigenvalue weighted by molar-refractivity contribution is 7.60. The van der Waals surface area contributed by atoms with Gasteiger partial charge >= 0.3 is 6.09 Å². The van der Waals surface area contributed by atoms with E-state index < -0.39 is 12.1 Å². The van der Waals surface area contributed by atoms with E-state index in [1.807, 2.05) is 31.7 Å². The zero-order valence-corrected chi connectivity index (χ0v) is 37.8. The maximum atomic E-state index is 14.0. The molecule has 5 atom stereocenters. The molecule has 3 amide bonds. The number of imidazole rings is 2. The molecule has 2 saturated heterocycles. The van der Waals surface area contributed by atoms with Crippen molar-refractivity contribution < 1.29 is 28.6 Å². The molecule has 1 aromatic carbocycles. The minimum Gasteiger partial charge on any atom is -0.453 e. The number of hydrogen-bond donors (Lipinski definition) is 3. The van der Waals surface area contributed by atoms with E-state index in [-0.39, 0.29) is 115 Å². The van der Waals surface area contributed by atoms with E-state index in [4.69, 9.17) is 24.2 Å². The fraction of sp³-hybridized carbons (Fsp3) is 0.649. The lowest BCUT2D eigenvalue weighted by Crippen LogP contribution is -2.51. The third-order valence-corrected chi connectivity index (χ3v) is 10.6. The molecule has 13 nitrogen and oxygen atoms in total. The zero-order valence-electron chi connectivity index (χ0n) is 32.8. The summed E-state index contributed by atoms with van der Waals surface area (Å²) in [6.45, 7) is 12.8. The van der Waals surface area contributed by atoms with E-state index >= 15 is 0 Å². The molecule has 2 aromatic heterocycles. The third-order valence-electron chi connectivity index (χ3n) is 10.6. The predicted molar refractivity (Wildman–Crippen MR) is 239 cm³/mol. The summed E-state index contributed by atoms with van der Waals surface area (Å²) >= 11 is 0. The molecule has 0 aliphatic carbocycles. The van der Waals surface area contributed by atoms with Gasteiger partial charge in [-0.2, -0.15) is 67.5 Å². The monoisotopic (exact) mass is 861 g/mol. The van der Waals surface area contributed by atoms with Crippen molar-refractivity contribution in [2.75, 3.05) is 33.4 Å². The van der Waals surface area contributed by atoms with Gasteiger partial charge in [0.2, 0.25) is 11.8 Å². The number of carbonyl (C=O) groups excluding carboxylic acids is 3. The maximum Gasteiger partial charge on any atom is 0.407 e. The second-order valence-corrected chi connectivity index (χ2v) is 14.8. The number of aromatic amines is 2. The van der Waals surface area contributed by atoms with Crippen molar-refractivity contribution in [1.82, 2.24) is 35.1 Å². The molecule has 2 fully saturated rings. The van der Waals surface area contributed by atoms with Crippen LogP contribution in [0.25, 0.3) is 11.0 Å². The summed E-state index contributed by atoms with van der Waals surface area (Å²) in [7, 11) is 1.29. The summed E-state index contributed by atoms with van der Waals surface area (Å²) in [5.41, 5.74) is 4.59. The topological polar surface area (TPSA) is 155 Å². The van der Waals surface area contributed by atoms with Crippen molar-refractivity contribution in [3.63, 3.8) is 0 Å². The molecule has 4 bridgehead atoms. The first-order valence-electron chi connectivity index (χ1n) is 18.2. The van der Waals surface area contributed by atoms with Crippen molar-refractivity contribution in [2.24, 2.45) is 17.8 Å². The van der Waals surface area contributed by atoms with Crippen LogP contribution in [-0.2, 0) is 36.8 Å². The van der Waals surface area contributed by atoms with Gasteiger partial charge < -0.3 is 39.3 Å². The Hall–Kier alpha value is -2.22. The molecule has 3 aromatic rings. The summed E-state index contributed by atoms with van der Waals surface area (Å²) in [5, 5.41) is 2.73. The molecule has 312 valence electrons.